The van der Waals surface area contributed by atoms with Crippen LogP contribution in [0.5, 0.6) is 11.5 Å². The molecular weight excluding hydrogens is 228 g/mol. The van der Waals surface area contributed by atoms with Crippen LogP contribution < -0.4 is 10.1 Å². The van der Waals surface area contributed by atoms with Gasteiger partial charge >= 0.3 is 0 Å². The van der Waals surface area contributed by atoms with Crippen LogP contribution in [0.1, 0.15) is 12.8 Å². The Morgan fingerprint density at radius 3 is 3.00 bits per heavy atom. The van der Waals surface area contributed by atoms with Gasteiger partial charge in [0.15, 0.2) is 11.5 Å². The quantitative estimate of drug-likeness (QED) is 0.859. The first-order chi connectivity index (χ1) is 8.69. The van der Waals surface area contributed by atoms with Crippen LogP contribution in [0, 0.1) is 5.92 Å². The molecule has 1 saturated heterocycles. The monoisotopic (exact) mass is 250 g/mol. The van der Waals surface area contributed by atoms with Crippen molar-refractivity contribution in [3.8, 4) is 11.5 Å². The van der Waals surface area contributed by atoms with E-state index in [1.54, 1.807) is 19.2 Å². The van der Waals surface area contributed by atoms with E-state index in [9.17, 15) is 5.11 Å². The second-order valence-corrected chi connectivity index (χ2v) is 5.04. The van der Waals surface area contributed by atoms with Gasteiger partial charge in [-0.3, -0.25) is 0 Å². The normalized spacial score (nSPS) is 20.7. The number of piperidine rings is 1. The van der Waals surface area contributed by atoms with Gasteiger partial charge in [-0.1, -0.05) is 0 Å². The summed E-state index contributed by atoms with van der Waals surface area (Å²) in [6.07, 6.45) is 2.55. The van der Waals surface area contributed by atoms with Crippen LogP contribution in [-0.4, -0.2) is 43.8 Å². The molecule has 0 spiro atoms. The Hall–Kier alpha value is -1.42. The van der Waals surface area contributed by atoms with E-state index in [4.69, 9.17) is 4.74 Å². The van der Waals surface area contributed by atoms with Gasteiger partial charge in [-0.05, 0) is 44.5 Å². The molecule has 1 aliphatic heterocycles. The van der Waals surface area contributed by atoms with Crippen LogP contribution in [0.3, 0.4) is 0 Å². The van der Waals surface area contributed by atoms with Crippen LogP contribution in [0.2, 0.25) is 0 Å². The number of nitrogens with one attached hydrogen (secondary N) is 1. The number of ether oxygens (including phenoxy) is 1. The first kappa shape index (κ1) is 13.0. The number of aromatic hydroxyl groups is 1. The van der Waals surface area contributed by atoms with Gasteiger partial charge in [0.2, 0.25) is 0 Å². The number of nitrogens with zero attached hydrogens (tertiary/aromatic N) is 1. The maximum Gasteiger partial charge on any atom is 0.160 e. The largest absolute Gasteiger partial charge is 0.504 e. The fraction of sp³-hybridized carbons (Fsp3) is 0.571. The summed E-state index contributed by atoms with van der Waals surface area (Å²) in [5.74, 6) is 1.38. The Kier molecular flexibility index (Phi) is 4.31. The van der Waals surface area contributed by atoms with Gasteiger partial charge in [-0.2, -0.15) is 0 Å². The van der Waals surface area contributed by atoms with E-state index in [1.165, 1.54) is 19.4 Å². The van der Waals surface area contributed by atoms with E-state index in [2.05, 4.69) is 17.3 Å². The lowest BCUT2D eigenvalue weighted by atomic mass is 9.98. The van der Waals surface area contributed by atoms with Crippen molar-refractivity contribution < 1.29 is 9.84 Å². The molecule has 4 nitrogen and oxygen atoms in total. The molecule has 0 amide bonds. The highest BCUT2D eigenvalue weighted by molar-refractivity contribution is 5.54. The third kappa shape index (κ3) is 3.29. The smallest absolute Gasteiger partial charge is 0.160 e. The predicted molar refractivity (Wildman–Crippen MR) is 73.4 cm³/mol. The molecule has 2 rings (SSSR count). The van der Waals surface area contributed by atoms with E-state index in [0.717, 1.165) is 18.8 Å². The summed E-state index contributed by atoms with van der Waals surface area (Å²) < 4.78 is 5.02. The number of methoxy groups -OCH3 is 1. The first-order valence-electron chi connectivity index (χ1n) is 6.48. The van der Waals surface area contributed by atoms with Gasteiger partial charge in [0.05, 0.1) is 7.11 Å². The fourth-order valence-electron chi connectivity index (χ4n) is 2.50. The lowest BCUT2D eigenvalue weighted by Gasteiger charge is -2.30. The molecule has 1 aliphatic rings. The molecule has 2 N–H and O–H groups in total. The molecule has 18 heavy (non-hydrogen) atoms. The zero-order valence-corrected chi connectivity index (χ0v) is 11.1. The van der Waals surface area contributed by atoms with Gasteiger partial charge in [0, 0.05) is 24.8 Å². The van der Waals surface area contributed by atoms with Gasteiger partial charge in [0.25, 0.3) is 0 Å². The molecule has 0 saturated carbocycles. The van der Waals surface area contributed by atoms with E-state index < -0.39 is 0 Å². The zero-order valence-electron chi connectivity index (χ0n) is 11.1. The van der Waals surface area contributed by atoms with E-state index in [0.29, 0.717) is 11.7 Å². The lowest BCUT2D eigenvalue weighted by Crippen LogP contribution is -2.35. The molecular formula is C14H22N2O2. The number of phenolic OH excluding ortho intramolecular Hbond substituents is 1. The minimum atomic E-state index is 0.184. The highest BCUT2D eigenvalue weighted by Gasteiger charge is 2.16. The van der Waals surface area contributed by atoms with Gasteiger partial charge < -0.3 is 20.1 Å². The molecule has 1 atom stereocenters. The third-order valence-electron chi connectivity index (χ3n) is 3.50. The van der Waals surface area contributed by atoms with Gasteiger partial charge in [0.1, 0.15) is 0 Å². The van der Waals surface area contributed by atoms with E-state index in [-0.39, 0.29) is 5.75 Å². The number of anilines is 1. The average Bonchev–Trinajstić information content (AvgIpc) is 2.37. The summed E-state index contributed by atoms with van der Waals surface area (Å²) in [4.78, 5) is 2.38. The molecule has 1 heterocycles. The maximum absolute atomic E-state index is 9.70. The molecule has 100 valence electrons. The van der Waals surface area contributed by atoms with E-state index >= 15 is 0 Å². The Morgan fingerprint density at radius 1 is 1.50 bits per heavy atom. The average molecular weight is 250 g/mol. The Bertz CT molecular complexity index is 395. The van der Waals surface area contributed by atoms with Crippen molar-refractivity contribution in [3.05, 3.63) is 18.2 Å². The molecule has 0 aliphatic carbocycles. The number of hydrogen-bond acceptors (Lipinski definition) is 4. The SMILES string of the molecule is COc1ccc(NCC2CCCN(C)C2)cc1O. The van der Waals surface area contributed by atoms with Gasteiger partial charge in [-0.25, -0.2) is 0 Å². The van der Waals surface area contributed by atoms with Crippen molar-refractivity contribution in [3.63, 3.8) is 0 Å². The van der Waals surface area contributed by atoms with Crippen LogP contribution in [0.15, 0.2) is 18.2 Å². The van der Waals surface area contributed by atoms with Crippen molar-refractivity contribution in [2.75, 3.05) is 39.1 Å². The summed E-state index contributed by atoms with van der Waals surface area (Å²) in [7, 11) is 3.73. The summed E-state index contributed by atoms with van der Waals surface area (Å²) in [6, 6.07) is 5.43. The highest BCUT2D eigenvalue weighted by Crippen LogP contribution is 2.28. The highest BCUT2D eigenvalue weighted by atomic mass is 16.5. The molecule has 1 aromatic rings. The second kappa shape index (κ2) is 5.96. The van der Waals surface area contributed by atoms with Crippen molar-refractivity contribution in [1.82, 2.24) is 4.90 Å². The Balaban J connectivity index is 1.88. The summed E-state index contributed by atoms with van der Waals surface area (Å²) >= 11 is 0. The molecule has 0 aromatic heterocycles. The van der Waals surface area contributed by atoms with Crippen LogP contribution in [-0.2, 0) is 0 Å². The first-order valence-corrected chi connectivity index (χ1v) is 6.48. The minimum absolute atomic E-state index is 0.184. The third-order valence-corrected chi connectivity index (χ3v) is 3.50. The molecule has 4 heteroatoms. The Morgan fingerprint density at radius 2 is 2.33 bits per heavy atom. The van der Waals surface area contributed by atoms with Gasteiger partial charge in [-0.15, -0.1) is 0 Å². The molecule has 1 fully saturated rings. The lowest BCUT2D eigenvalue weighted by molar-refractivity contribution is 0.217. The van der Waals surface area contributed by atoms with Crippen LogP contribution >= 0.6 is 0 Å². The summed E-state index contributed by atoms with van der Waals surface area (Å²) in [5.41, 5.74) is 0.946. The minimum Gasteiger partial charge on any atom is -0.504 e. The molecule has 0 radical (unpaired) electrons. The second-order valence-electron chi connectivity index (χ2n) is 5.04. The molecule has 0 bridgehead atoms. The molecule has 1 aromatic carbocycles. The zero-order chi connectivity index (χ0) is 13.0. The van der Waals surface area contributed by atoms with Crippen molar-refractivity contribution in [2.45, 2.75) is 12.8 Å². The van der Waals surface area contributed by atoms with Crippen LogP contribution in [0.4, 0.5) is 5.69 Å². The van der Waals surface area contributed by atoms with Crippen LogP contribution in [0.25, 0.3) is 0 Å². The summed E-state index contributed by atoms with van der Waals surface area (Å²) in [6.45, 7) is 3.31. The number of likely N-dealkylation sites (tertiary alicyclic amines) is 1. The maximum atomic E-state index is 9.70. The fourth-order valence-corrected chi connectivity index (χ4v) is 2.50. The predicted octanol–water partition coefficient (Wildman–Crippen LogP) is 2.15. The van der Waals surface area contributed by atoms with Crippen molar-refractivity contribution in [1.29, 1.82) is 0 Å². The number of hydrogen-bond donors (Lipinski definition) is 2. The number of phenols is 1. The number of rotatable bonds is 4. The Labute approximate surface area is 109 Å². The van der Waals surface area contributed by atoms with Crippen molar-refractivity contribution >= 4 is 5.69 Å². The number of benzene rings is 1. The summed E-state index contributed by atoms with van der Waals surface area (Å²) in [5, 5.41) is 13.1. The van der Waals surface area contributed by atoms with E-state index in [1.807, 2.05) is 6.07 Å². The standard InChI is InChI=1S/C14H22N2O2/c1-16-7-3-4-11(10-16)9-15-12-5-6-14(18-2)13(17)8-12/h5-6,8,11,15,17H,3-4,7,9-10H2,1-2H3. The topological polar surface area (TPSA) is 44.7 Å². The van der Waals surface area contributed by atoms with Crippen molar-refractivity contribution in [2.24, 2.45) is 5.92 Å². The molecule has 1 unspecified atom stereocenters.